The summed E-state index contributed by atoms with van der Waals surface area (Å²) in [6.07, 6.45) is 0.302. The van der Waals surface area contributed by atoms with Crippen LogP contribution in [0.4, 0.5) is 0 Å². The Labute approximate surface area is 126 Å². The second-order valence-corrected chi connectivity index (χ2v) is 5.43. The molecule has 0 radical (unpaired) electrons. The van der Waals surface area contributed by atoms with Gasteiger partial charge in [-0.1, -0.05) is 58.4 Å². The normalized spacial score (nSPS) is 11.9. The van der Waals surface area contributed by atoms with Crippen LogP contribution in [0.2, 0.25) is 0 Å². The first-order valence-corrected chi connectivity index (χ1v) is 7.18. The second kappa shape index (κ2) is 7.22. The summed E-state index contributed by atoms with van der Waals surface area (Å²) in [6.45, 7) is -0.115. The topological polar surface area (TPSA) is 49.3 Å². The minimum Gasteiger partial charge on any atom is -0.394 e. The van der Waals surface area contributed by atoms with Crippen molar-refractivity contribution in [3.8, 4) is 0 Å². The summed E-state index contributed by atoms with van der Waals surface area (Å²) in [5, 5.41) is 12.3. The molecule has 2 aromatic rings. The average Bonchev–Trinajstić information content (AvgIpc) is 2.48. The van der Waals surface area contributed by atoms with Crippen LogP contribution in [-0.4, -0.2) is 17.6 Å². The number of carbonyl (C=O) groups is 1. The molecule has 0 saturated carbocycles. The molecule has 0 saturated heterocycles. The van der Waals surface area contributed by atoms with Gasteiger partial charge in [0.15, 0.2) is 0 Å². The highest BCUT2D eigenvalue weighted by Crippen LogP contribution is 2.13. The van der Waals surface area contributed by atoms with Crippen molar-refractivity contribution in [1.29, 1.82) is 0 Å². The largest absolute Gasteiger partial charge is 0.394 e. The van der Waals surface area contributed by atoms with Crippen LogP contribution in [0.15, 0.2) is 59.1 Å². The molecule has 2 aromatic carbocycles. The van der Waals surface area contributed by atoms with E-state index in [0.29, 0.717) is 6.42 Å². The quantitative estimate of drug-likeness (QED) is 0.883. The number of benzene rings is 2. The zero-order valence-corrected chi connectivity index (χ0v) is 12.5. The molecule has 0 aliphatic heterocycles. The Morgan fingerprint density at radius 3 is 2.35 bits per heavy atom. The first-order valence-electron chi connectivity index (χ1n) is 6.38. The van der Waals surface area contributed by atoms with Crippen molar-refractivity contribution in [2.75, 3.05) is 6.61 Å². The lowest BCUT2D eigenvalue weighted by Crippen LogP contribution is -2.31. The fourth-order valence-electron chi connectivity index (χ4n) is 1.95. The Balaban J connectivity index is 1.97. The van der Waals surface area contributed by atoms with E-state index in [4.69, 9.17) is 0 Å². The van der Waals surface area contributed by atoms with Gasteiger partial charge >= 0.3 is 0 Å². The smallest absolute Gasteiger partial charge is 0.224 e. The SMILES string of the molecule is O=C(Cc1ccc(Br)cc1)N[C@@H](CO)c1ccccc1. The Morgan fingerprint density at radius 2 is 1.75 bits per heavy atom. The fourth-order valence-corrected chi connectivity index (χ4v) is 2.22. The number of hydrogen-bond acceptors (Lipinski definition) is 2. The van der Waals surface area contributed by atoms with Crippen molar-refractivity contribution >= 4 is 21.8 Å². The minimum absolute atomic E-state index is 0.102. The van der Waals surface area contributed by atoms with Gasteiger partial charge in [-0.2, -0.15) is 0 Å². The van der Waals surface area contributed by atoms with Crippen LogP contribution in [0.3, 0.4) is 0 Å². The van der Waals surface area contributed by atoms with Gasteiger partial charge in [0.05, 0.1) is 19.1 Å². The van der Waals surface area contributed by atoms with Crippen LogP contribution in [0.5, 0.6) is 0 Å². The maximum absolute atomic E-state index is 12.0. The van der Waals surface area contributed by atoms with Crippen LogP contribution < -0.4 is 5.32 Å². The van der Waals surface area contributed by atoms with E-state index in [0.717, 1.165) is 15.6 Å². The number of aliphatic hydroxyl groups is 1. The van der Waals surface area contributed by atoms with E-state index in [2.05, 4.69) is 21.2 Å². The van der Waals surface area contributed by atoms with Crippen molar-refractivity contribution in [3.05, 3.63) is 70.2 Å². The summed E-state index contributed by atoms with van der Waals surface area (Å²) in [7, 11) is 0. The van der Waals surface area contributed by atoms with Crippen molar-refractivity contribution in [3.63, 3.8) is 0 Å². The van der Waals surface area contributed by atoms with Crippen LogP contribution in [0, 0.1) is 0 Å². The van der Waals surface area contributed by atoms with Crippen molar-refractivity contribution in [1.82, 2.24) is 5.32 Å². The van der Waals surface area contributed by atoms with Crippen LogP contribution >= 0.6 is 15.9 Å². The lowest BCUT2D eigenvalue weighted by atomic mass is 10.1. The highest BCUT2D eigenvalue weighted by Gasteiger charge is 2.13. The van der Waals surface area contributed by atoms with E-state index in [9.17, 15) is 9.90 Å². The highest BCUT2D eigenvalue weighted by atomic mass is 79.9. The minimum atomic E-state index is -0.362. The number of carbonyl (C=O) groups excluding carboxylic acids is 1. The fraction of sp³-hybridized carbons (Fsp3) is 0.188. The first kappa shape index (κ1) is 14.8. The van der Waals surface area contributed by atoms with Crippen LogP contribution in [0.1, 0.15) is 17.2 Å². The van der Waals surface area contributed by atoms with Gasteiger partial charge in [-0.25, -0.2) is 0 Å². The number of amides is 1. The molecule has 0 heterocycles. The Morgan fingerprint density at radius 1 is 1.10 bits per heavy atom. The number of hydrogen-bond donors (Lipinski definition) is 2. The molecule has 2 N–H and O–H groups in total. The van der Waals surface area contributed by atoms with E-state index in [1.165, 1.54) is 0 Å². The van der Waals surface area contributed by atoms with Crippen molar-refractivity contribution in [2.45, 2.75) is 12.5 Å². The number of nitrogens with one attached hydrogen (secondary N) is 1. The van der Waals surface area contributed by atoms with E-state index in [1.807, 2.05) is 54.6 Å². The first-order chi connectivity index (χ1) is 9.69. The van der Waals surface area contributed by atoms with E-state index < -0.39 is 0 Å². The number of halogens is 1. The highest BCUT2D eigenvalue weighted by molar-refractivity contribution is 9.10. The maximum atomic E-state index is 12.0. The van der Waals surface area contributed by atoms with Crippen LogP contribution in [-0.2, 0) is 11.2 Å². The summed E-state index contributed by atoms with van der Waals surface area (Å²) in [5.41, 5.74) is 1.84. The molecule has 0 aliphatic rings. The van der Waals surface area contributed by atoms with E-state index >= 15 is 0 Å². The number of aliphatic hydroxyl groups excluding tert-OH is 1. The monoisotopic (exact) mass is 333 g/mol. The van der Waals surface area contributed by atoms with Gasteiger partial charge in [0.2, 0.25) is 5.91 Å². The summed E-state index contributed by atoms with van der Waals surface area (Å²) >= 11 is 3.36. The van der Waals surface area contributed by atoms with E-state index in [-0.39, 0.29) is 18.6 Å². The summed E-state index contributed by atoms with van der Waals surface area (Å²) < 4.78 is 0.985. The van der Waals surface area contributed by atoms with Gasteiger partial charge in [0.25, 0.3) is 0 Å². The Kier molecular flexibility index (Phi) is 5.32. The third-order valence-corrected chi connectivity index (χ3v) is 3.53. The van der Waals surface area contributed by atoms with Crippen molar-refractivity contribution < 1.29 is 9.90 Å². The third kappa shape index (κ3) is 4.18. The molecule has 1 amide bonds. The molecular weight excluding hydrogens is 318 g/mol. The predicted molar refractivity (Wildman–Crippen MR) is 82.3 cm³/mol. The molecule has 0 bridgehead atoms. The zero-order chi connectivity index (χ0) is 14.4. The Hall–Kier alpha value is -1.65. The summed E-state index contributed by atoms with van der Waals surface area (Å²) in [4.78, 5) is 12.0. The summed E-state index contributed by atoms with van der Waals surface area (Å²) in [5.74, 6) is -0.102. The Bertz CT molecular complexity index is 554. The maximum Gasteiger partial charge on any atom is 0.224 e. The van der Waals surface area contributed by atoms with Gasteiger partial charge in [0.1, 0.15) is 0 Å². The molecule has 0 fully saturated rings. The molecule has 4 heteroatoms. The lowest BCUT2D eigenvalue weighted by molar-refractivity contribution is -0.121. The average molecular weight is 334 g/mol. The zero-order valence-electron chi connectivity index (χ0n) is 10.9. The van der Waals surface area contributed by atoms with Crippen LogP contribution in [0.25, 0.3) is 0 Å². The molecule has 0 spiro atoms. The standard InChI is InChI=1S/C16H16BrNO2/c17-14-8-6-12(7-9-14)10-16(20)18-15(11-19)13-4-2-1-3-5-13/h1-9,15,19H,10-11H2,(H,18,20)/t15-/m0/s1. The molecule has 3 nitrogen and oxygen atoms in total. The molecule has 1 atom stereocenters. The molecule has 20 heavy (non-hydrogen) atoms. The molecule has 0 unspecified atom stereocenters. The molecule has 0 aromatic heterocycles. The van der Waals surface area contributed by atoms with Crippen molar-refractivity contribution in [2.24, 2.45) is 0 Å². The van der Waals surface area contributed by atoms with Gasteiger partial charge in [-0.15, -0.1) is 0 Å². The summed E-state index contributed by atoms with van der Waals surface area (Å²) in [6, 6.07) is 16.7. The van der Waals surface area contributed by atoms with Gasteiger partial charge in [-0.3, -0.25) is 4.79 Å². The molecule has 0 aliphatic carbocycles. The molecule has 2 rings (SSSR count). The second-order valence-electron chi connectivity index (χ2n) is 4.52. The van der Waals surface area contributed by atoms with E-state index in [1.54, 1.807) is 0 Å². The predicted octanol–water partition coefficient (Wildman–Crippen LogP) is 2.84. The van der Waals surface area contributed by atoms with Gasteiger partial charge < -0.3 is 10.4 Å². The third-order valence-electron chi connectivity index (χ3n) is 3.00. The lowest BCUT2D eigenvalue weighted by Gasteiger charge is -2.16. The molecular formula is C16H16BrNO2. The number of rotatable bonds is 5. The molecule has 104 valence electrons. The van der Waals surface area contributed by atoms with Gasteiger partial charge in [0, 0.05) is 4.47 Å². The van der Waals surface area contributed by atoms with Gasteiger partial charge in [-0.05, 0) is 23.3 Å².